The molecule has 0 aromatic heterocycles. The normalized spacial score (nSPS) is 22.6. The fraction of sp³-hybridized carbons (Fsp3) is 0.526. The second-order valence-electron chi connectivity index (χ2n) is 6.77. The molecular formula is C19H25NO2. The van der Waals surface area contributed by atoms with Crippen molar-refractivity contribution in [2.75, 3.05) is 19.6 Å². The molecule has 0 amide bonds. The lowest BCUT2D eigenvalue weighted by Crippen LogP contribution is -2.33. The SMILES string of the molecule is Cc1ccc2c(c1)CCC(CN1CCCCC(C(=O)O)C1)=C2. The van der Waals surface area contributed by atoms with Gasteiger partial charge in [-0.2, -0.15) is 0 Å². The Morgan fingerprint density at radius 1 is 1.32 bits per heavy atom. The summed E-state index contributed by atoms with van der Waals surface area (Å²) in [6.45, 7) is 4.80. The van der Waals surface area contributed by atoms with Crippen LogP contribution in [0.1, 0.15) is 42.4 Å². The van der Waals surface area contributed by atoms with Crippen molar-refractivity contribution in [2.45, 2.75) is 39.0 Å². The lowest BCUT2D eigenvalue weighted by atomic mass is 9.91. The molecule has 1 N–H and O–H groups in total. The van der Waals surface area contributed by atoms with Gasteiger partial charge in [-0.1, -0.05) is 41.8 Å². The number of hydrogen-bond donors (Lipinski definition) is 1. The fourth-order valence-corrected chi connectivity index (χ4v) is 3.66. The molecule has 3 rings (SSSR count). The Kier molecular flexibility index (Phi) is 4.63. The molecule has 1 saturated heterocycles. The summed E-state index contributed by atoms with van der Waals surface area (Å²) >= 11 is 0. The van der Waals surface area contributed by atoms with E-state index in [2.05, 4.69) is 36.1 Å². The minimum atomic E-state index is -0.634. The molecule has 0 bridgehead atoms. The Morgan fingerprint density at radius 2 is 2.18 bits per heavy atom. The van der Waals surface area contributed by atoms with E-state index in [0.717, 1.165) is 45.2 Å². The third kappa shape index (κ3) is 3.58. The predicted octanol–water partition coefficient (Wildman–Crippen LogP) is 3.51. The van der Waals surface area contributed by atoms with Crippen LogP contribution in [0.2, 0.25) is 0 Å². The number of carboxylic acids is 1. The zero-order valence-electron chi connectivity index (χ0n) is 13.3. The molecule has 22 heavy (non-hydrogen) atoms. The number of aliphatic carboxylic acids is 1. The van der Waals surface area contributed by atoms with Crippen LogP contribution in [-0.2, 0) is 11.2 Å². The molecule has 1 aliphatic carbocycles. The highest BCUT2D eigenvalue weighted by Gasteiger charge is 2.24. The highest BCUT2D eigenvalue weighted by molar-refractivity contribution is 5.70. The number of hydrogen-bond acceptors (Lipinski definition) is 2. The second kappa shape index (κ2) is 6.66. The van der Waals surface area contributed by atoms with E-state index in [1.807, 2.05) is 0 Å². The zero-order valence-corrected chi connectivity index (χ0v) is 13.3. The summed E-state index contributed by atoms with van der Waals surface area (Å²) in [4.78, 5) is 13.6. The summed E-state index contributed by atoms with van der Waals surface area (Å²) in [5.74, 6) is -0.827. The summed E-state index contributed by atoms with van der Waals surface area (Å²) < 4.78 is 0. The van der Waals surface area contributed by atoms with Gasteiger partial charge in [0.05, 0.1) is 5.92 Å². The third-order valence-electron chi connectivity index (χ3n) is 4.91. The van der Waals surface area contributed by atoms with E-state index in [-0.39, 0.29) is 5.92 Å². The van der Waals surface area contributed by atoms with E-state index in [1.54, 1.807) is 0 Å². The van der Waals surface area contributed by atoms with Crippen molar-refractivity contribution in [3.05, 3.63) is 40.5 Å². The molecule has 1 aromatic rings. The van der Waals surface area contributed by atoms with Crippen molar-refractivity contribution in [1.29, 1.82) is 0 Å². The van der Waals surface area contributed by atoms with Gasteiger partial charge in [0, 0.05) is 13.1 Å². The number of aryl methyl sites for hydroxylation is 2. The molecule has 0 saturated carbocycles. The third-order valence-corrected chi connectivity index (χ3v) is 4.91. The maximum atomic E-state index is 11.3. The average Bonchev–Trinajstić information content (AvgIpc) is 2.73. The van der Waals surface area contributed by atoms with Gasteiger partial charge in [0.25, 0.3) is 0 Å². The first-order valence-corrected chi connectivity index (χ1v) is 8.36. The Labute approximate surface area is 132 Å². The first-order chi connectivity index (χ1) is 10.6. The summed E-state index contributed by atoms with van der Waals surface area (Å²) in [7, 11) is 0. The first-order valence-electron chi connectivity index (χ1n) is 8.36. The van der Waals surface area contributed by atoms with Gasteiger partial charge in [0.15, 0.2) is 0 Å². The van der Waals surface area contributed by atoms with Crippen molar-refractivity contribution in [1.82, 2.24) is 4.90 Å². The molecular weight excluding hydrogens is 274 g/mol. The maximum Gasteiger partial charge on any atom is 0.307 e. The highest BCUT2D eigenvalue weighted by atomic mass is 16.4. The number of rotatable bonds is 3. The molecule has 0 spiro atoms. The van der Waals surface area contributed by atoms with E-state index in [1.165, 1.54) is 22.3 Å². The molecule has 1 aromatic carbocycles. The van der Waals surface area contributed by atoms with E-state index in [4.69, 9.17) is 0 Å². The predicted molar refractivity (Wildman–Crippen MR) is 88.9 cm³/mol. The smallest absolute Gasteiger partial charge is 0.307 e. The minimum absolute atomic E-state index is 0.193. The summed E-state index contributed by atoms with van der Waals surface area (Å²) in [5, 5.41) is 9.30. The maximum absolute atomic E-state index is 11.3. The molecule has 118 valence electrons. The van der Waals surface area contributed by atoms with Crippen LogP contribution in [0, 0.1) is 12.8 Å². The second-order valence-corrected chi connectivity index (χ2v) is 6.77. The molecule has 2 aliphatic rings. The van der Waals surface area contributed by atoms with Crippen LogP contribution in [-0.4, -0.2) is 35.6 Å². The van der Waals surface area contributed by atoms with Gasteiger partial charge in [-0.05, 0) is 50.3 Å². The van der Waals surface area contributed by atoms with E-state index in [9.17, 15) is 9.90 Å². The Balaban J connectivity index is 1.70. The lowest BCUT2D eigenvalue weighted by Gasteiger charge is -2.26. The molecule has 3 nitrogen and oxygen atoms in total. The van der Waals surface area contributed by atoms with E-state index in [0.29, 0.717) is 6.54 Å². The van der Waals surface area contributed by atoms with Crippen LogP contribution < -0.4 is 0 Å². The Bertz CT molecular complexity index is 591. The average molecular weight is 299 g/mol. The largest absolute Gasteiger partial charge is 0.481 e. The van der Waals surface area contributed by atoms with Crippen molar-refractivity contribution in [2.24, 2.45) is 5.92 Å². The van der Waals surface area contributed by atoms with Gasteiger partial charge in [-0.25, -0.2) is 0 Å². The van der Waals surface area contributed by atoms with Gasteiger partial charge < -0.3 is 5.11 Å². The van der Waals surface area contributed by atoms with Crippen LogP contribution in [0.5, 0.6) is 0 Å². The van der Waals surface area contributed by atoms with Crippen LogP contribution in [0.15, 0.2) is 23.8 Å². The monoisotopic (exact) mass is 299 g/mol. The van der Waals surface area contributed by atoms with Crippen molar-refractivity contribution < 1.29 is 9.90 Å². The van der Waals surface area contributed by atoms with Gasteiger partial charge in [0.1, 0.15) is 0 Å². The Morgan fingerprint density at radius 3 is 3.00 bits per heavy atom. The van der Waals surface area contributed by atoms with Crippen LogP contribution >= 0.6 is 0 Å². The molecule has 1 aliphatic heterocycles. The fourth-order valence-electron chi connectivity index (χ4n) is 3.66. The van der Waals surface area contributed by atoms with Gasteiger partial charge in [-0.15, -0.1) is 0 Å². The molecule has 0 radical (unpaired) electrons. The van der Waals surface area contributed by atoms with Crippen LogP contribution in [0.25, 0.3) is 6.08 Å². The molecule has 1 heterocycles. The number of carboxylic acid groups (broad SMARTS) is 1. The summed E-state index contributed by atoms with van der Waals surface area (Å²) in [6, 6.07) is 6.67. The number of fused-ring (bicyclic) bond motifs is 1. The minimum Gasteiger partial charge on any atom is -0.481 e. The molecule has 1 atom stereocenters. The quantitative estimate of drug-likeness (QED) is 0.928. The number of nitrogens with zero attached hydrogens (tertiary/aromatic N) is 1. The van der Waals surface area contributed by atoms with Crippen LogP contribution in [0.3, 0.4) is 0 Å². The first kappa shape index (κ1) is 15.3. The number of likely N-dealkylation sites (tertiary alicyclic amines) is 1. The highest BCUT2D eigenvalue weighted by Crippen LogP contribution is 2.26. The van der Waals surface area contributed by atoms with Crippen molar-refractivity contribution in [3.8, 4) is 0 Å². The number of carbonyl (C=O) groups is 1. The Hall–Kier alpha value is -1.61. The van der Waals surface area contributed by atoms with E-state index < -0.39 is 5.97 Å². The molecule has 1 unspecified atom stereocenters. The molecule has 3 heteroatoms. The lowest BCUT2D eigenvalue weighted by molar-refractivity contribution is -0.142. The van der Waals surface area contributed by atoms with Gasteiger partial charge in [0.2, 0.25) is 0 Å². The van der Waals surface area contributed by atoms with Gasteiger partial charge >= 0.3 is 5.97 Å². The number of benzene rings is 1. The van der Waals surface area contributed by atoms with Crippen LogP contribution in [0.4, 0.5) is 0 Å². The zero-order chi connectivity index (χ0) is 15.5. The van der Waals surface area contributed by atoms with Crippen molar-refractivity contribution >= 4 is 12.0 Å². The summed E-state index contributed by atoms with van der Waals surface area (Å²) in [6.07, 6.45) is 7.51. The molecule has 1 fully saturated rings. The summed E-state index contributed by atoms with van der Waals surface area (Å²) in [5.41, 5.74) is 5.56. The van der Waals surface area contributed by atoms with Gasteiger partial charge in [-0.3, -0.25) is 9.69 Å². The van der Waals surface area contributed by atoms with E-state index >= 15 is 0 Å². The topological polar surface area (TPSA) is 40.5 Å². The standard InChI is InChI=1S/C19H25NO2/c1-14-5-7-17-11-15(6-8-16(17)10-14)12-20-9-3-2-4-18(13-20)19(21)22/h5,7,10-11,18H,2-4,6,8-9,12-13H2,1H3,(H,21,22). The van der Waals surface area contributed by atoms with Crippen molar-refractivity contribution in [3.63, 3.8) is 0 Å².